The summed E-state index contributed by atoms with van der Waals surface area (Å²) in [5.41, 5.74) is -1.04. The number of hydrogen-bond donors (Lipinski definition) is 1. The summed E-state index contributed by atoms with van der Waals surface area (Å²) >= 11 is 0. The van der Waals surface area contributed by atoms with E-state index in [0.29, 0.717) is 0 Å². The highest BCUT2D eigenvalue weighted by atomic mass is 19.4. The first-order valence-corrected chi connectivity index (χ1v) is 9.77. The second-order valence-electron chi connectivity index (χ2n) is 7.96. The number of allylic oxidation sites excluding steroid dienone is 2. The number of hydrogen-bond acceptors (Lipinski definition) is 5. The molecule has 1 saturated carbocycles. The van der Waals surface area contributed by atoms with E-state index in [4.69, 9.17) is 4.74 Å². The molecular weight excluding hydrogens is 417 g/mol. The van der Waals surface area contributed by atoms with Gasteiger partial charge in [-0.3, -0.25) is 19.3 Å². The van der Waals surface area contributed by atoms with Gasteiger partial charge in [0.25, 0.3) is 5.91 Å². The lowest BCUT2D eigenvalue weighted by atomic mass is 9.85. The van der Waals surface area contributed by atoms with E-state index in [2.05, 4.69) is 5.32 Å². The third-order valence-corrected chi connectivity index (χ3v) is 6.05. The predicted molar refractivity (Wildman–Crippen MR) is 100 cm³/mol. The van der Waals surface area contributed by atoms with Crippen molar-refractivity contribution < 1.29 is 37.1 Å². The molecule has 164 valence electrons. The SMILES string of the molecule is C[C@@H](C(=O)OCC(=O)Nc1cccc(C(F)(F)F)c1)N1C(=O)[C@@H]2[C@H](C1=O)[C@H]1C=C[C@H]2C1. The van der Waals surface area contributed by atoms with Crippen LogP contribution in [0.3, 0.4) is 0 Å². The van der Waals surface area contributed by atoms with Crippen molar-refractivity contribution in [3.63, 3.8) is 0 Å². The second kappa shape index (κ2) is 7.51. The van der Waals surface area contributed by atoms with E-state index in [1.54, 1.807) is 0 Å². The fourth-order valence-corrected chi connectivity index (χ4v) is 4.64. The van der Waals surface area contributed by atoms with Gasteiger partial charge in [-0.1, -0.05) is 18.2 Å². The Morgan fingerprint density at radius 2 is 1.77 bits per heavy atom. The Bertz CT molecular complexity index is 959. The molecule has 5 atom stereocenters. The smallest absolute Gasteiger partial charge is 0.416 e. The molecule has 0 unspecified atom stereocenters. The molecule has 2 aliphatic carbocycles. The van der Waals surface area contributed by atoms with Crippen LogP contribution in [0.5, 0.6) is 0 Å². The molecule has 1 saturated heterocycles. The van der Waals surface area contributed by atoms with E-state index < -0.39 is 59.9 Å². The number of imide groups is 1. The Labute approximate surface area is 175 Å². The van der Waals surface area contributed by atoms with Crippen LogP contribution in [0.15, 0.2) is 36.4 Å². The van der Waals surface area contributed by atoms with Gasteiger partial charge < -0.3 is 10.1 Å². The van der Waals surface area contributed by atoms with Crippen LogP contribution in [0, 0.1) is 23.7 Å². The largest absolute Gasteiger partial charge is 0.454 e. The number of benzene rings is 1. The lowest BCUT2D eigenvalue weighted by molar-refractivity contribution is -0.159. The Hall–Kier alpha value is -3.17. The molecule has 3 amide bonds. The third-order valence-electron chi connectivity index (χ3n) is 6.05. The average Bonchev–Trinajstić information content (AvgIpc) is 3.39. The molecule has 2 bridgehead atoms. The molecule has 4 rings (SSSR count). The van der Waals surface area contributed by atoms with Crippen LogP contribution in [0.25, 0.3) is 0 Å². The summed E-state index contributed by atoms with van der Waals surface area (Å²) in [6.07, 6.45) is 0.0587. The number of alkyl halides is 3. The summed E-state index contributed by atoms with van der Waals surface area (Å²) in [6.45, 7) is 0.578. The summed E-state index contributed by atoms with van der Waals surface area (Å²) in [5, 5.41) is 2.22. The molecule has 0 aromatic heterocycles. The van der Waals surface area contributed by atoms with Crippen LogP contribution < -0.4 is 5.32 Å². The topological polar surface area (TPSA) is 92.8 Å². The zero-order chi connectivity index (χ0) is 22.5. The number of ether oxygens (including phenoxy) is 1. The van der Waals surface area contributed by atoms with Gasteiger partial charge >= 0.3 is 12.1 Å². The zero-order valence-electron chi connectivity index (χ0n) is 16.4. The predicted octanol–water partition coefficient (Wildman–Crippen LogP) is 2.38. The van der Waals surface area contributed by atoms with E-state index in [0.717, 1.165) is 29.5 Å². The van der Waals surface area contributed by atoms with Crippen molar-refractivity contribution in [3.8, 4) is 0 Å². The fourth-order valence-electron chi connectivity index (χ4n) is 4.64. The van der Waals surface area contributed by atoms with Gasteiger partial charge in [-0.2, -0.15) is 13.2 Å². The molecule has 0 radical (unpaired) electrons. The maximum absolute atomic E-state index is 12.8. The minimum atomic E-state index is -4.56. The van der Waals surface area contributed by atoms with Crippen LogP contribution in [0.2, 0.25) is 0 Å². The molecule has 0 spiro atoms. The van der Waals surface area contributed by atoms with Gasteiger partial charge in [-0.25, -0.2) is 4.79 Å². The number of carbonyl (C=O) groups is 4. The summed E-state index contributed by atoms with van der Waals surface area (Å²) in [7, 11) is 0. The normalized spacial score (nSPS) is 27.4. The van der Waals surface area contributed by atoms with E-state index in [9.17, 15) is 32.3 Å². The lowest BCUT2D eigenvalue weighted by Crippen LogP contribution is -2.45. The van der Waals surface area contributed by atoms with Gasteiger partial charge in [-0.05, 0) is 43.4 Å². The number of likely N-dealkylation sites (tertiary alicyclic amines) is 1. The van der Waals surface area contributed by atoms with Gasteiger partial charge in [-0.15, -0.1) is 0 Å². The summed E-state index contributed by atoms with van der Waals surface area (Å²) < 4.78 is 43.2. The van der Waals surface area contributed by atoms with Crippen molar-refractivity contribution in [2.24, 2.45) is 23.7 Å². The Balaban J connectivity index is 1.33. The molecule has 3 aliphatic rings. The standard InChI is InChI=1S/C21H19F3N2O5/c1-10(26-18(28)16-11-5-6-12(7-11)17(16)19(26)29)20(30)31-9-15(27)25-14-4-2-3-13(8-14)21(22,23)24/h2-6,8,10-12,16-17H,7,9H2,1H3,(H,25,27)/t10-,11-,12-,16-,17+/m0/s1. The van der Waals surface area contributed by atoms with Crippen LogP contribution in [0.1, 0.15) is 18.9 Å². The van der Waals surface area contributed by atoms with Crippen molar-refractivity contribution in [1.82, 2.24) is 4.90 Å². The molecule has 1 heterocycles. The number of amides is 3. The molecule has 1 N–H and O–H groups in total. The van der Waals surface area contributed by atoms with Gasteiger partial charge in [0, 0.05) is 5.69 Å². The van der Waals surface area contributed by atoms with E-state index in [1.807, 2.05) is 12.2 Å². The van der Waals surface area contributed by atoms with Gasteiger partial charge in [0.05, 0.1) is 17.4 Å². The van der Waals surface area contributed by atoms with E-state index >= 15 is 0 Å². The first-order chi connectivity index (χ1) is 14.6. The molecule has 2 fully saturated rings. The number of nitrogens with zero attached hydrogens (tertiary/aromatic N) is 1. The summed E-state index contributed by atoms with van der Waals surface area (Å²) in [6, 6.07) is 2.81. The third kappa shape index (κ3) is 3.70. The van der Waals surface area contributed by atoms with Gasteiger partial charge in [0.15, 0.2) is 6.61 Å². The highest BCUT2D eigenvalue weighted by Gasteiger charge is 2.60. The monoisotopic (exact) mass is 436 g/mol. The molecule has 7 nitrogen and oxygen atoms in total. The maximum atomic E-state index is 12.8. The molecule has 1 aliphatic heterocycles. The van der Waals surface area contributed by atoms with Crippen molar-refractivity contribution in [2.75, 3.05) is 11.9 Å². The summed E-state index contributed by atoms with van der Waals surface area (Å²) in [4.78, 5) is 50.7. The maximum Gasteiger partial charge on any atom is 0.416 e. The number of carbonyl (C=O) groups excluding carboxylic acids is 4. The molecule has 10 heteroatoms. The molecule has 1 aromatic carbocycles. The van der Waals surface area contributed by atoms with Crippen LogP contribution >= 0.6 is 0 Å². The van der Waals surface area contributed by atoms with E-state index in [1.165, 1.54) is 13.0 Å². The van der Waals surface area contributed by atoms with Gasteiger partial charge in [0.2, 0.25) is 11.8 Å². The van der Waals surface area contributed by atoms with Crippen molar-refractivity contribution in [3.05, 3.63) is 42.0 Å². The lowest BCUT2D eigenvalue weighted by Gasteiger charge is -2.23. The van der Waals surface area contributed by atoms with Gasteiger partial charge in [0.1, 0.15) is 6.04 Å². The molecule has 31 heavy (non-hydrogen) atoms. The van der Waals surface area contributed by atoms with Crippen molar-refractivity contribution >= 4 is 29.4 Å². The summed E-state index contributed by atoms with van der Waals surface area (Å²) in [5.74, 6) is -3.53. The fraction of sp³-hybridized carbons (Fsp3) is 0.429. The number of halogens is 3. The minimum Gasteiger partial charge on any atom is -0.454 e. The first-order valence-electron chi connectivity index (χ1n) is 9.77. The van der Waals surface area contributed by atoms with Crippen LogP contribution in [-0.4, -0.2) is 41.2 Å². The number of fused-ring (bicyclic) bond motifs is 5. The Morgan fingerprint density at radius 1 is 1.16 bits per heavy atom. The van der Waals surface area contributed by atoms with Crippen LogP contribution in [-0.2, 0) is 30.1 Å². The average molecular weight is 436 g/mol. The second-order valence-corrected chi connectivity index (χ2v) is 7.96. The van der Waals surface area contributed by atoms with Crippen molar-refractivity contribution in [2.45, 2.75) is 25.6 Å². The number of anilines is 1. The highest BCUT2D eigenvalue weighted by molar-refractivity contribution is 6.09. The highest BCUT2D eigenvalue weighted by Crippen LogP contribution is 2.52. The number of nitrogens with one attached hydrogen (secondary N) is 1. The number of rotatable bonds is 5. The zero-order valence-corrected chi connectivity index (χ0v) is 16.4. The van der Waals surface area contributed by atoms with Crippen LogP contribution in [0.4, 0.5) is 18.9 Å². The first kappa shape index (κ1) is 21.1. The Morgan fingerprint density at radius 3 is 2.35 bits per heavy atom. The minimum absolute atomic E-state index is 0.00194. The van der Waals surface area contributed by atoms with Crippen molar-refractivity contribution in [1.29, 1.82) is 0 Å². The number of esters is 1. The van der Waals surface area contributed by atoms with E-state index in [-0.39, 0.29) is 17.5 Å². The Kier molecular flexibility index (Phi) is 5.10. The molecular formula is C21H19F3N2O5. The quantitative estimate of drug-likeness (QED) is 0.435. The molecule has 1 aromatic rings.